The molecule has 2 amide bonds. The zero-order valence-corrected chi connectivity index (χ0v) is 11.0. The van der Waals surface area contributed by atoms with Gasteiger partial charge >= 0.3 is 12.0 Å². The van der Waals surface area contributed by atoms with Crippen molar-refractivity contribution in [1.82, 2.24) is 10.6 Å². The van der Waals surface area contributed by atoms with Crippen molar-refractivity contribution in [1.29, 1.82) is 0 Å². The molecule has 1 aromatic carbocycles. The van der Waals surface area contributed by atoms with E-state index in [4.69, 9.17) is 16.7 Å². The molecule has 0 aliphatic heterocycles. The molecular formula is C12H15ClN2O4. The van der Waals surface area contributed by atoms with Gasteiger partial charge in [-0.25, -0.2) is 9.59 Å². The van der Waals surface area contributed by atoms with Crippen LogP contribution in [-0.4, -0.2) is 34.4 Å². The lowest BCUT2D eigenvalue weighted by molar-refractivity contribution is -0.141. The van der Waals surface area contributed by atoms with Crippen molar-refractivity contribution in [2.45, 2.75) is 25.6 Å². The van der Waals surface area contributed by atoms with Crippen LogP contribution < -0.4 is 10.6 Å². The predicted molar refractivity (Wildman–Crippen MR) is 69.9 cm³/mol. The molecule has 0 aliphatic carbocycles. The third-order valence-corrected chi connectivity index (χ3v) is 2.61. The van der Waals surface area contributed by atoms with Gasteiger partial charge in [-0.2, -0.15) is 0 Å². The predicted octanol–water partition coefficient (Wildman–Crippen LogP) is 0.973. The number of halogens is 1. The third kappa shape index (κ3) is 5.15. The molecule has 0 spiro atoms. The van der Waals surface area contributed by atoms with E-state index < -0.39 is 24.1 Å². The second-order valence-electron chi connectivity index (χ2n) is 4.01. The highest BCUT2D eigenvalue weighted by Crippen LogP contribution is 2.10. The average molecular weight is 287 g/mol. The maximum Gasteiger partial charge on any atom is 0.328 e. The van der Waals surface area contributed by atoms with Crippen LogP contribution >= 0.6 is 11.6 Å². The van der Waals surface area contributed by atoms with Gasteiger partial charge in [-0.15, -0.1) is 0 Å². The topological polar surface area (TPSA) is 98.7 Å². The van der Waals surface area contributed by atoms with E-state index in [0.717, 1.165) is 5.56 Å². The van der Waals surface area contributed by atoms with E-state index in [0.29, 0.717) is 5.02 Å². The molecule has 0 saturated heterocycles. The first-order valence-electron chi connectivity index (χ1n) is 5.60. The number of carbonyl (C=O) groups is 2. The van der Waals surface area contributed by atoms with Gasteiger partial charge in [0.25, 0.3) is 0 Å². The Morgan fingerprint density at radius 2 is 2.11 bits per heavy atom. The summed E-state index contributed by atoms with van der Waals surface area (Å²) in [7, 11) is 0. The highest BCUT2D eigenvalue weighted by molar-refractivity contribution is 6.30. The Morgan fingerprint density at radius 3 is 2.63 bits per heavy atom. The molecule has 104 valence electrons. The molecule has 0 unspecified atom stereocenters. The maximum absolute atomic E-state index is 11.5. The van der Waals surface area contributed by atoms with Gasteiger partial charge in [0, 0.05) is 11.6 Å². The quantitative estimate of drug-likeness (QED) is 0.648. The van der Waals surface area contributed by atoms with Crippen molar-refractivity contribution in [2.24, 2.45) is 0 Å². The van der Waals surface area contributed by atoms with E-state index >= 15 is 0 Å². The van der Waals surface area contributed by atoms with E-state index in [1.54, 1.807) is 24.3 Å². The SMILES string of the molecule is C[C@@H](O)[C@H](NC(=O)NCc1cccc(Cl)c1)C(=O)O. The number of amides is 2. The fourth-order valence-electron chi connectivity index (χ4n) is 1.41. The van der Waals surface area contributed by atoms with Crippen LogP contribution in [0.5, 0.6) is 0 Å². The van der Waals surface area contributed by atoms with Crippen LogP contribution in [0.25, 0.3) is 0 Å². The first-order valence-corrected chi connectivity index (χ1v) is 5.97. The van der Waals surface area contributed by atoms with Crippen molar-refractivity contribution < 1.29 is 19.8 Å². The Hall–Kier alpha value is -1.79. The summed E-state index contributed by atoms with van der Waals surface area (Å²) in [6.45, 7) is 1.49. The molecule has 2 atom stereocenters. The highest BCUT2D eigenvalue weighted by Gasteiger charge is 2.24. The number of aliphatic hydroxyl groups excluding tert-OH is 1. The molecule has 0 aliphatic rings. The monoisotopic (exact) mass is 286 g/mol. The number of nitrogens with one attached hydrogen (secondary N) is 2. The van der Waals surface area contributed by atoms with Crippen LogP contribution in [0.15, 0.2) is 24.3 Å². The molecule has 1 aromatic rings. The number of carboxylic acids is 1. The number of urea groups is 1. The molecule has 4 N–H and O–H groups in total. The van der Waals surface area contributed by atoms with Crippen LogP contribution in [0.4, 0.5) is 4.79 Å². The Morgan fingerprint density at radius 1 is 1.42 bits per heavy atom. The normalized spacial score (nSPS) is 13.4. The number of hydrogen-bond acceptors (Lipinski definition) is 3. The van der Waals surface area contributed by atoms with Gasteiger partial charge in [0.1, 0.15) is 0 Å². The average Bonchev–Trinajstić information content (AvgIpc) is 2.32. The van der Waals surface area contributed by atoms with E-state index in [2.05, 4.69) is 10.6 Å². The number of benzene rings is 1. The molecule has 6 nitrogen and oxygen atoms in total. The van der Waals surface area contributed by atoms with Gasteiger partial charge in [0.2, 0.25) is 0 Å². The van der Waals surface area contributed by atoms with Gasteiger partial charge in [-0.1, -0.05) is 23.7 Å². The fourth-order valence-corrected chi connectivity index (χ4v) is 1.62. The lowest BCUT2D eigenvalue weighted by Crippen LogP contribution is -2.50. The van der Waals surface area contributed by atoms with E-state index in [1.165, 1.54) is 6.92 Å². The lowest BCUT2D eigenvalue weighted by Gasteiger charge is -2.17. The number of hydrogen-bond donors (Lipinski definition) is 4. The van der Waals surface area contributed by atoms with Crippen molar-refractivity contribution in [3.05, 3.63) is 34.9 Å². The second kappa shape index (κ2) is 6.96. The standard InChI is InChI=1S/C12H15ClN2O4/c1-7(16)10(11(17)18)15-12(19)14-6-8-3-2-4-9(13)5-8/h2-5,7,10,16H,6H2,1H3,(H,17,18)(H2,14,15,19)/t7-,10+/m1/s1. The van der Waals surface area contributed by atoms with Crippen molar-refractivity contribution in [3.63, 3.8) is 0 Å². The number of carbonyl (C=O) groups excluding carboxylic acids is 1. The first kappa shape index (κ1) is 15.3. The van der Waals surface area contributed by atoms with Gasteiger partial charge in [0.15, 0.2) is 6.04 Å². The van der Waals surface area contributed by atoms with Crippen LogP contribution in [0, 0.1) is 0 Å². The summed E-state index contributed by atoms with van der Waals surface area (Å²) < 4.78 is 0. The zero-order valence-electron chi connectivity index (χ0n) is 10.3. The highest BCUT2D eigenvalue weighted by atomic mass is 35.5. The minimum atomic E-state index is -1.35. The summed E-state index contributed by atoms with van der Waals surface area (Å²) in [5.41, 5.74) is 0.784. The molecule has 0 aromatic heterocycles. The maximum atomic E-state index is 11.5. The van der Waals surface area contributed by atoms with E-state index in [1.807, 2.05) is 0 Å². The second-order valence-corrected chi connectivity index (χ2v) is 4.45. The molecule has 0 bridgehead atoms. The summed E-state index contributed by atoms with van der Waals surface area (Å²) in [5.74, 6) is -1.30. The van der Waals surface area contributed by atoms with Gasteiger partial charge in [-0.05, 0) is 24.6 Å². The van der Waals surface area contributed by atoms with Crippen LogP contribution in [0.3, 0.4) is 0 Å². The van der Waals surface area contributed by atoms with Crippen LogP contribution in [0.1, 0.15) is 12.5 Å². The van der Waals surface area contributed by atoms with Gasteiger partial charge in [0.05, 0.1) is 6.10 Å². The summed E-state index contributed by atoms with van der Waals surface area (Å²) in [6.07, 6.45) is -1.19. The Bertz CT molecular complexity index is 465. The number of carboxylic acid groups (broad SMARTS) is 1. The minimum Gasteiger partial charge on any atom is -0.480 e. The smallest absolute Gasteiger partial charge is 0.328 e. The molecule has 0 fully saturated rings. The molecule has 19 heavy (non-hydrogen) atoms. The lowest BCUT2D eigenvalue weighted by atomic mass is 10.2. The summed E-state index contributed by atoms with van der Waals surface area (Å²) in [4.78, 5) is 22.3. The minimum absolute atomic E-state index is 0.207. The third-order valence-electron chi connectivity index (χ3n) is 2.38. The van der Waals surface area contributed by atoms with Crippen molar-refractivity contribution >= 4 is 23.6 Å². The van der Waals surface area contributed by atoms with Crippen molar-refractivity contribution in [2.75, 3.05) is 0 Å². The van der Waals surface area contributed by atoms with Gasteiger partial charge < -0.3 is 20.8 Å². The molecule has 0 saturated carbocycles. The summed E-state index contributed by atoms with van der Waals surface area (Å²) >= 11 is 5.79. The molecule has 0 radical (unpaired) electrons. The van der Waals surface area contributed by atoms with Crippen molar-refractivity contribution in [3.8, 4) is 0 Å². The van der Waals surface area contributed by atoms with Crippen LogP contribution in [-0.2, 0) is 11.3 Å². The zero-order chi connectivity index (χ0) is 14.4. The molecular weight excluding hydrogens is 272 g/mol. The number of aliphatic carboxylic acids is 1. The Labute approximate surface area is 115 Å². The number of aliphatic hydroxyl groups is 1. The largest absolute Gasteiger partial charge is 0.480 e. The summed E-state index contributed by atoms with van der Waals surface area (Å²) in [6, 6.07) is 4.89. The number of rotatable bonds is 5. The molecule has 7 heteroatoms. The Balaban J connectivity index is 2.49. The van der Waals surface area contributed by atoms with Crippen LogP contribution in [0.2, 0.25) is 5.02 Å². The fraction of sp³-hybridized carbons (Fsp3) is 0.333. The summed E-state index contributed by atoms with van der Waals surface area (Å²) in [5, 5.41) is 23.2. The van der Waals surface area contributed by atoms with E-state index in [9.17, 15) is 14.7 Å². The Kier molecular flexibility index (Phi) is 5.59. The molecule has 0 heterocycles. The molecule has 1 rings (SSSR count). The first-order chi connectivity index (χ1) is 8.90. The van der Waals surface area contributed by atoms with Gasteiger partial charge in [-0.3, -0.25) is 0 Å². The van der Waals surface area contributed by atoms with E-state index in [-0.39, 0.29) is 6.54 Å².